The minimum atomic E-state index is -0.0969. The molecule has 0 saturated heterocycles. The number of aromatic hydroxyl groups is 1. The van der Waals surface area contributed by atoms with E-state index in [2.05, 4.69) is 0 Å². The highest BCUT2D eigenvalue weighted by Gasteiger charge is 2.15. The number of ether oxygens (including phenoxy) is 1. The SMILES string of the molecule is COCc1cccc(O)c1Cn1c2cc(Cl)ccc2c(=O)n1C. The zero-order valence-electron chi connectivity index (χ0n) is 12.9. The van der Waals surface area contributed by atoms with Gasteiger partial charge in [-0.2, -0.15) is 0 Å². The molecular formula is C17H17ClN2O3. The van der Waals surface area contributed by atoms with Crippen LogP contribution in [-0.4, -0.2) is 21.6 Å². The van der Waals surface area contributed by atoms with Crippen LogP contribution in [0.5, 0.6) is 5.75 Å². The van der Waals surface area contributed by atoms with Crippen molar-refractivity contribution in [3.8, 4) is 5.75 Å². The molecule has 5 nitrogen and oxygen atoms in total. The minimum absolute atomic E-state index is 0.0969. The summed E-state index contributed by atoms with van der Waals surface area (Å²) in [4.78, 5) is 12.4. The van der Waals surface area contributed by atoms with Crippen molar-refractivity contribution >= 4 is 22.5 Å². The van der Waals surface area contributed by atoms with E-state index >= 15 is 0 Å². The van der Waals surface area contributed by atoms with Crippen LogP contribution in [0.1, 0.15) is 11.1 Å². The number of methoxy groups -OCH3 is 1. The van der Waals surface area contributed by atoms with Gasteiger partial charge in [0, 0.05) is 24.7 Å². The molecule has 1 N–H and O–H groups in total. The number of phenols is 1. The van der Waals surface area contributed by atoms with Crippen LogP contribution in [0.2, 0.25) is 5.02 Å². The fourth-order valence-electron chi connectivity index (χ4n) is 2.78. The number of benzene rings is 2. The molecule has 0 aliphatic heterocycles. The Morgan fingerprint density at radius 2 is 2.04 bits per heavy atom. The lowest BCUT2D eigenvalue weighted by Gasteiger charge is -2.14. The summed E-state index contributed by atoms with van der Waals surface area (Å²) in [6.07, 6.45) is 0. The second kappa shape index (κ2) is 6.10. The first-order valence-corrected chi connectivity index (χ1v) is 7.54. The molecule has 1 heterocycles. The van der Waals surface area contributed by atoms with Crippen molar-refractivity contribution in [2.75, 3.05) is 7.11 Å². The summed E-state index contributed by atoms with van der Waals surface area (Å²) in [5, 5.41) is 11.4. The average molecular weight is 333 g/mol. The van der Waals surface area contributed by atoms with Gasteiger partial charge >= 0.3 is 0 Å². The lowest BCUT2D eigenvalue weighted by molar-refractivity contribution is 0.183. The molecule has 0 atom stereocenters. The molecule has 3 aromatic rings. The van der Waals surface area contributed by atoms with E-state index in [1.165, 1.54) is 4.68 Å². The summed E-state index contributed by atoms with van der Waals surface area (Å²) in [5.74, 6) is 0.177. The quantitative estimate of drug-likeness (QED) is 0.799. The van der Waals surface area contributed by atoms with Crippen LogP contribution >= 0.6 is 11.6 Å². The highest BCUT2D eigenvalue weighted by Crippen LogP contribution is 2.25. The maximum atomic E-state index is 12.4. The summed E-state index contributed by atoms with van der Waals surface area (Å²) in [7, 11) is 3.31. The first kappa shape index (κ1) is 15.6. The number of hydrogen-bond donors (Lipinski definition) is 1. The molecular weight excluding hydrogens is 316 g/mol. The second-order valence-corrected chi connectivity index (χ2v) is 5.83. The van der Waals surface area contributed by atoms with Crippen LogP contribution in [0.15, 0.2) is 41.2 Å². The molecule has 0 aliphatic rings. The summed E-state index contributed by atoms with van der Waals surface area (Å²) in [5.41, 5.74) is 2.24. The molecule has 0 amide bonds. The maximum Gasteiger partial charge on any atom is 0.274 e. The van der Waals surface area contributed by atoms with E-state index in [1.807, 2.05) is 6.07 Å². The normalized spacial score (nSPS) is 11.3. The van der Waals surface area contributed by atoms with E-state index in [0.29, 0.717) is 23.6 Å². The molecule has 0 aliphatic carbocycles. The smallest absolute Gasteiger partial charge is 0.274 e. The Hall–Kier alpha value is -2.24. The Labute approximate surface area is 138 Å². The van der Waals surface area contributed by atoms with E-state index < -0.39 is 0 Å². The highest BCUT2D eigenvalue weighted by molar-refractivity contribution is 6.31. The number of fused-ring (bicyclic) bond motifs is 1. The Morgan fingerprint density at radius 3 is 2.78 bits per heavy atom. The van der Waals surface area contributed by atoms with E-state index in [9.17, 15) is 9.90 Å². The second-order valence-electron chi connectivity index (χ2n) is 5.40. The van der Waals surface area contributed by atoms with Gasteiger partial charge in [0.15, 0.2) is 0 Å². The van der Waals surface area contributed by atoms with Crippen molar-refractivity contribution < 1.29 is 9.84 Å². The highest BCUT2D eigenvalue weighted by atomic mass is 35.5. The number of rotatable bonds is 4. The monoisotopic (exact) mass is 332 g/mol. The van der Waals surface area contributed by atoms with Gasteiger partial charge in [-0.05, 0) is 29.8 Å². The standard InChI is InChI=1S/C17H17ClN2O3/c1-19-17(22)13-7-6-12(18)8-15(13)20(19)9-14-11(10-23-2)4-3-5-16(14)21/h3-8,21H,9-10H2,1-2H3. The third-order valence-corrected chi connectivity index (χ3v) is 4.22. The van der Waals surface area contributed by atoms with Gasteiger partial charge in [-0.15, -0.1) is 0 Å². The zero-order valence-corrected chi connectivity index (χ0v) is 13.7. The molecule has 0 unspecified atom stereocenters. The molecule has 1 aromatic heterocycles. The maximum absolute atomic E-state index is 12.4. The number of aromatic nitrogens is 2. The number of halogens is 1. The average Bonchev–Trinajstić information content (AvgIpc) is 2.75. The molecule has 0 fully saturated rings. The van der Waals surface area contributed by atoms with E-state index in [0.717, 1.165) is 16.6 Å². The molecule has 3 rings (SSSR count). The molecule has 0 radical (unpaired) electrons. The molecule has 23 heavy (non-hydrogen) atoms. The van der Waals surface area contributed by atoms with Gasteiger partial charge in [-0.25, -0.2) is 0 Å². The number of phenolic OH excluding ortho intramolecular Hbond substituents is 1. The van der Waals surface area contributed by atoms with Crippen molar-refractivity contribution in [2.45, 2.75) is 13.2 Å². The van der Waals surface area contributed by atoms with E-state index in [1.54, 1.807) is 49.2 Å². The van der Waals surface area contributed by atoms with Gasteiger partial charge < -0.3 is 9.84 Å². The predicted octanol–water partition coefficient (Wildman–Crippen LogP) is 2.89. The Kier molecular flexibility index (Phi) is 4.15. The first-order valence-electron chi connectivity index (χ1n) is 7.16. The molecule has 120 valence electrons. The van der Waals surface area contributed by atoms with Crippen LogP contribution in [0.25, 0.3) is 10.9 Å². The molecule has 6 heteroatoms. The predicted molar refractivity (Wildman–Crippen MR) is 90.1 cm³/mol. The van der Waals surface area contributed by atoms with E-state index in [4.69, 9.17) is 16.3 Å². The van der Waals surface area contributed by atoms with Crippen molar-refractivity contribution in [2.24, 2.45) is 7.05 Å². The van der Waals surface area contributed by atoms with E-state index in [-0.39, 0.29) is 11.3 Å². The van der Waals surface area contributed by atoms with Crippen LogP contribution in [0.3, 0.4) is 0 Å². The minimum Gasteiger partial charge on any atom is -0.508 e. The largest absolute Gasteiger partial charge is 0.508 e. The first-order chi connectivity index (χ1) is 11.0. The Bertz CT molecular complexity index is 927. The summed E-state index contributed by atoms with van der Waals surface area (Å²) < 4.78 is 8.53. The van der Waals surface area contributed by atoms with Crippen LogP contribution in [0.4, 0.5) is 0 Å². The number of nitrogens with zero attached hydrogens (tertiary/aromatic N) is 2. The lowest BCUT2D eigenvalue weighted by atomic mass is 10.1. The third kappa shape index (κ3) is 2.73. The summed E-state index contributed by atoms with van der Waals surface area (Å²) in [6, 6.07) is 10.5. The Balaban J connectivity index is 2.18. The topological polar surface area (TPSA) is 56.4 Å². The van der Waals surface area contributed by atoms with Gasteiger partial charge in [0.1, 0.15) is 5.75 Å². The summed E-state index contributed by atoms with van der Waals surface area (Å²) >= 11 is 6.07. The molecule has 2 aromatic carbocycles. The zero-order chi connectivity index (χ0) is 16.6. The van der Waals surface area contributed by atoms with Crippen molar-refractivity contribution in [3.05, 3.63) is 62.9 Å². The lowest BCUT2D eigenvalue weighted by Crippen LogP contribution is -2.20. The van der Waals surface area contributed by atoms with Crippen molar-refractivity contribution in [1.82, 2.24) is 9.36 Å². The molecule has 0 spiro atoms. The van der Waals surface area contributed by atoms with Gasteiger partial charge in [0.05, 0.1) is 24.1 Å². The fourth-order valence-corrected chi connectivity index (χ4v) is 2.95. The number of hydrogen-bond acceptors (Lipinski definition) is 3. The molecule has 0 saturated carbocycles. The third-order valence-electron chi connectivity index (χ3n) is 3.98. The summed E-state index contributed by atoms with van der Waals surface area (Å²) in [6.45, 7) is 0.735. The van der Waals surface area contributed by atoms with Gasteiger partial charge in [0.25, 0.3) is 5.56 Å². The van der Waals surface area contributed by atoms with Crippen molar-refractivity contribution in [1.29, 1.82) is 0 Å². The van der Waals surface area contributed by atoms with Crippen LogP contribution in [-0.2, 0) is 24.9 Å². The molecule has 0 bridgehead atoms. The van der Waals surface area contributed by atoms with Crippen molar-refractivity contribution in [3.63, 3.8) is 0 Å². The van der Waals surface area contributed by atoms with Gasteiger partial charge in [0.2, 0.25) is 0 Å². The Morgan fingerprint density at radius 1 is 1.26 bits per heavy atom. The van der Waals surface area contributed by atoms with Gasteiger partial charge in [-0.3, -0.25) is 14.2 Å². The van der Waals surface area contributed by atoms with Crippen LogP contribution < -0.4 is 5.56 Å². The van der Waals surface area contributed by atoms with Gasteiger partial charge in [-0.1, -0.05) is 23.7 Å². The fraction of sp³-hybridized carbons (Fsp3) is 0.235. The van der Waals surface area contributed by atoms with Crippen LogP contribution in [0, 0.1) is 0 Å².